The van der Waals surface area contributed by atoms with Crippen molar-refractivity contribution in [1.82, 2.24) is 15.2 Å². The number of unbranched alkanes of at least 4 members (excludes halogenated alkanes) is 1. The fourth-order valence-corrected chi connectivity index (χ4v) is 3.30. The molecule has 2 heterocycles. The van der Waals surface area contributed by atoms with Crippen LogP contribution in [0.15, 0.2) is 12.3 Å². The summed E-state index contributed by atoms with van der Waals surface area (Å²) in [4.78, 5) is 33.9. The second-order valence-corrected chi connectivity index (χ2v) is 7.72. The van der Waals surface area contributed by atoms with Crippen molar-refractivity contribution < 1.29 is 9.59 Å². The van der Waals surface area contributed by atoms with E-state index in [4.69, 9.17) is 0 Å². The van der Waals surface area contributed by atoms with Gasteiger partial charge in [0.1, 0.15) is 0 Å². The van der Waals surface area contributed by atoms with Crippen LogP contribution in [0.2, 0.25) is 0 Å². The minimum Gasteiger partial charge on any atom is -0.352 e. The molecule has 7 heteroatoms. The Hall–Kier alpha value is -2.15. The van der Waals surface area contributed by atoms with Crippen LogP contribution in [-0.4, -0.2) is 61.0 Å². The first-order valence-corrected chi connectivity index (χ1v) is 10.5. The molecule has 0 saturated carbocycles. The third-order valence-corrected chi connectivity index (χ3v) is 4.85. The van der Waals surface area contributed by atoms with E-state index in [0.29, 0.717) is 24.2 Å². The van der Waals surface area contributed by atoms with Crippen molar-refractivity contribution in [3.63, 3.8) is 0 Å². The van der Waals surface area contributed by atoms with Gasteiger partial charge in [-0.1, -0.05) is 27.2 Å². The topological polar surface area (TPSA) is 77.6 Å². The number of piperazine rings is 1. The van der Waals surface area contributed by atoms with Crippen LogP contribution in [0, 0.1) is 5.92 Å². The first-order valence-electron chi connectivity index (χ1n) is 10.5. The minimum atomic E-state index is -0.0453. The number of hydrogen-bond acceptors (Lipinski definition) is 5. The van der Waals surface area contributed by atoms with Gasteiger partial charge in [-0.05, 0) is 25.3 Å². The summed E-state index contributed by atoms with van der Waals surface area (Å²) in [5.74, 6) is 0.933. The van der Waals surface area contributed by atoms with Crippen molar-refractivity contribution in [2.24, 2.45) is 5.92 Å². The SMILES string of the molecule is CCCCN(CC)C(=O)c1cnc(N2CCNCC2)c(NC(=O)CC(C)C)c1. The second kappa shape index (κ2) is 11.0. The van der Waals surface area contributed by atoms with Gasteiger partial charge in [0.2, 0.25) is 5.91 Å². The molecule has 0 aromatic carbocycles. The maximum absolute atomic E-state index is 12.9. The summed E-state index contributed by atoms with van der Waals surface area (Å²) in [6, 6.07) is 1.79. The van der Waals surface area contributed by atoms with Gasteiger partial charge < -0.3 is 20.4 Å². The molecule has 0 radical (unpaired) electrons. The van der Waals surface area contributed by atoms with Crippen LogP contribution in [0.3, 0.4) is 0 Å². The molecule has 1 saturated heterocycles. The first kappa shape index (κ1) is 22.1. The molecule has 0 atom stereocenters. The van der Waals surface area contributed by atoms with Crippen molar-refractivity contribution in [2.45, 2.75) is 47.0 Å². The van der Waals surface area contributed by atoms with Crippen molar-refractivity contribution >= 4 is 23.3 Å². The molecule has 1 aliphatic heterocycles. The second-order valence-electron chi connectivity index (χ2n) is 7.72. The van der Waals surface area contributed by atoms with Gasteiger partial charge in [-0.25, -0.2) is 4.98 Å². The molecule has 1 aromatic heterocycles. The van der Waals surface area contributed by atoms with E-state index in [1.165, 1.54) is 0 Å². The van der Waals surface area contributed by atoms with Gasteiger partial charge in [-0.3, -0.25) is 9.59 Å². The zero-order valence-corrected chi connectivity index (χ0v) is 17.8. The van der Waals surface area contributed by atoms with Gasteiger partial charge in [0, 0.05) is 51.9 Å². The standard InChI is InChI=1S/C21H35N5O2/c1-5-7-10-25(6-2)21(28)17-14-18(24-19(27)13-16(3)4)20(23-15-17)26-11-8-22-9-12-26/h14-16,22H,5-13H2,1-4H3,(H,24,27). The van der Waals surface area contributed by atoms with E-state index in [9.17, 15) is 9.59 Å². The lowest BCUT2D eigenvalue weighted by atomic mass is 10.1. The summed E-state index contributed by atoms with van der Waals surface area (Å²) in [6.07, 6.45) is 4.10. The third-order valence-electron chi connectivity index (χ3n) is 4.85. The van der Waals surface area contributed by atoms with E-state index in [1.54, 1.807) is 12.3 Å². The van der Waals surface area contributed by atoms with E-state index in [1.807, 2.05) is 25.7 Å². The Bertz CT molecular complexity index is 656. The Balaban J connectivity index is 2.28. The van der Waals surface area contributed by atoms with Gasteiger partial charge in [-0.2, -0.15) is 0 Å². The molecule has 1 fully saturated rings. The molecule has 28 heavy (non-hydrogen) atoms. The quantitative estimate of drug-likeness (QED) is 0.679. The molecule has 2 N–H and O–H groups in total. The van der Waals surface area contributed by atoms with E-state index < -0.39 is 0 Å². The van der Waals surface area contributed by atoms with Crippen molar-refractivity contribution in [3.05, 3.63) is 17.8 Å². The number of anilines is 2. The average molecular weight is 390 g/mol. The Labute approximate surface area is 168 Å². The monoisotopic (exact) mass is 389 g/mol. The van der Waals surface area contributed by atoms with Gasteiger partial charge >= 0.3 is 0 Å². The maximum atomic E-state index is 12.9. The highest BCUT2D eigenvalue weighted by Gasteiger charge is 2.21. The number of aromatic nitrogens is 1. The van der Waals surface area contributed by atoms with Crippen molar-refractivity contribution in [2.75, 3.05) is 49.5 Å². The molecule has 0 spiro atoms. The summed E-state index contributed by atoms with van der Waals surface area (Å²) >= 11 is 0. The predicted octanol–water partition coefficient (Wildman–Crippen LogP) is 2.74. The van der Waals surface area contributed by atoms with Crippen molar-refractivity contribution in [1.29, 1.82) is 0 Å². The molecule has 156 valence electrons. The van der Waals surface area contributed by atoms with Gasteiger partial charge in [0.15, 0.2) is 5.82 Å². The van der Waals surface area contributed by atoms with Crippen LogP contribution in [0.25, 0.3) is 0 Å². The van der Waals surface area contributed by atoms with E-state index >= 15 is 0 Å². The number of nitrogens with zero attached hydrogens (tertiary/aromatic N) is 3. The number of nitrogens with one attached hydrogen (secondary N) is 2. The van der Waals surface area contributed by atoms with Crippen LogP contribution in [-0.2, 0) is 4.79 Å². The lowest BCUT2D eigenvalue weighted by molar-refractivity contribution is -0.116. The van der Waals surface area contributed by atoms with Crippen LogP contribution in [0.4, 0.5) is 11.5 Å². The fourth-order valence-electron chi connectivity index (χ4n) is 3.30. The largest absolute Gasteiger partial charge is 0.352 e. The summed E-state index contributed by atoms with van der Waals surface area (Å²) in [6.45, 7) is 12.9. The summed E-state index contributed by atoms with van der Waals surface area (Å²) in [5, 5.41) is 6.33. The molecule has 0 bridgehead atoms. The number of carbonyl (C=O) groups excluding carboxylic acids is 2. The molecule has 0 aliphatic carbocycles. The summed E-state index contributed by atoms with van der Waals surface area (Å²) in [5.41, 5.74) is 1.15. The first-order chi connectivity index (χ1) is 13.5. The highest BCUT2D eigenvalue weighted by molar-refractivity contribution is 5.99. The Morgan fingerprint density at radius 3 is 2.61 bits per heavy atom. The van der Waals surface area contributed by atoms with Gasteiger partial charge in [0.25, 0.3) is 5.91 Å². The number of amides is 2. The normalized spacial score (nSPS) is 14.2. The Morgan fingerprint density at radius 1 is 1.29 bits per heavy atom. The number of carbonyl (C=O) groups is 2. The van der Waals surface area contributed by atoms with E-state index in [0.717, 1.165) is 51.4 Å². The van der Waals surface area contributed by atoms with Gasteiger partial charge in [0.05, 0.1) is 11.3 Å². The molecule has 1 aromatic rings. The van der Waals surface area contributed by atoms with Crippen LogP contribution in [0.5, 0.6) is 0 Å². The molecule has 7 nitrogen and oxygen atoms in total. The molecule has 2 amide bonds. The third kappa shape index (κ3) is 6.19. The molecule has 1 aliphatic rings. The zero-order chi connectivity index (χ0) is 20.5. The van der Waals surface area contributed by atoms with Crippen LogP contribution in [0.1, 0.15) is 57.3 Å². The highest BCUT2D eigenvalue weighted by Crippen LogP contribution is 2.26. The smallest absolute Gasteiger partial charge is 0.255 e. The van der Waals surface area contributed by atoms with Crippen LogP contribution < -0.4 is 15.5 Å². The molecular weight excluding hydrogens is 354 g/mol. The number of hydrogen-bond donors (Lipinski definition) is 2. The Morgan fingerprint density at radius 2 is 2.00 bits per heavy atom. The lowest BCUT2D eigenvalue weighted by Crippen LogP contribution is -2.44. The molecule has 0 unspecified atom stereocenters. The fraction of sp³-hybridized carbons (Fsp3) is 0.667. The number of pyridine rings is 1. The van der Waals surface area contributed by atoms with E-state index in [-0.39, 0.29) is 17.7 Å². The minimum absolute atomic E-state index is 0.0327. The average Bonchev–Trinajstić information content (AvgIpc) is 2.68. The molecule has 2 rings (SSSR count). The summed E-state index contributed by atoms with van der Waals surface area (Å²) < 4.78 is 0. The van der Waals surface area contributed by atoms with E-state index in [2.05, 4.69) is 27.4 Å². The van der Waals surface area contributed by atoms with Gasteiger partial charge in [-0.15, -0.1) is 0 Å². The Kier molecular flexibility index (Phi) is 8.70. The lowest BCUT2D eigenvalue weighted by Gasteiger charge is -2.30. The maximum Gasteiger partial charge on any atom is 0.255 e. The predicted molar refractivity (Wildman–Crippen MR) is 114 cm³/mol. The van der Waals surface area contributed by atoms with Crippen molar-refractivity contribution in [3.8, 4) is 0 Å². The number of rotatable bonds is 9. The molecular formula is C21H35N5O2. The highest BCUT2D eigenvalue weighted by atomic mass is 16.2. The van der Waals surface area contributed by atoms with Crippen LogP contribution >= 0.6 is 0 Å². The summed E-state index contributed by atoms with van der Waals surface area (Å²) in [7, 11) is 0. The zero-order valence-electron chi connectivity index (χ0n) is 17.8.